The Morgan fingerprint density at radius 3 is 2.79 bits per heavy atom. The van der Waals surface area contributed by atoms with E-state index in [4.69, 9.17) is 9.47 Å². The SMILES string of the molecule is CO[C@H]1CCCC[C@@H]1[C@]12C=C[C@@H](O1)[C@H](C)C(=O)[C@@H]2C. The van der Waals surface area contributed by atoms with Gasteiger partial charge < -0.3 is 9.47 Å². The summed E-state index contributed by atoms with van der Waals surface area (Å²) < 4.78 is 12.0. The van der Waals surface area contributed by atoms with Gasteiger partial charge in [0.1, 0.15) is 11.4 Å². The molecule has 0 amide bonds. The summed E-state index contributed by atoms with van der Waals surface area (Å²) in [5.41, 5.74) is -0.407. The highest BCUT2D eigenvalue weighted by molar-refractivity contribution is 5.86. The van der Waals surface area contributed by atoms with Crippen molar-refractivity contribution in [3.05, 3.63) is 12.2 Å². The van der Waals surface area contributed by atoms with E-state index < -0.39 is 5.60 Å². The van der Waals surface area contributed by atoms with Crippen LogP contribution in [0, 0.1) is 17.8 Å². The second kappa shape index (κ2) is 4.71. The van der Waals surface area contributed by atoms with Gasteiger partial charge in [0.15, 0.2) is 0 Å². The Balaban J connectivity index is 1.94. The summed E-state index contributed by atoms with van der Waals surface area (Å²) in [6, 6.07) is 0. The maximum Gasteiger partial charge on any atom is 0.144 e. The summed E-state index contributed by atoms with van der Waals surface area (Å²) in [5, 5.41) is 0. The molecule has 2 bridgehead atoms. The molecule has 1 aliphatic carbocycles. The van der Waals surface area contributed by atoms with Crippen LogP contribution in [0.25, 0.3) is 0 Å². The molecule has 2 fully saturated rings. The maximum atomic E-state index is 12.5. The number of methoxy groups -OCH3 is 1. The maximum absolute atomic E-state index is 12.5. The molecule has 0 N–H and O–H groups in total. The van der Waals surface area contributed by atoms with Crippen LogP contribution >= 0.6 is 0 Å². The molecule has 1 saturated heterocycles. The standard InChI is InChI=1S/C16H24O3/c1-10-13-8-9-16(19-13,11(2)15(10)17)12-6-4-5-7-14(12)18-3/h8-14H,4-7H2,1-3H3/t10-,11-,12-,13+,14-,16+/m0/s1. The topological polar surface area (TPSA) is 35.5 Å². The minimum Gasteiger partial charge on any atom is -0.381 e. The molecule has 1 saturated carbocycles. The number of Topliss-reactive ketones (excluding diaryl/α,β-unsaturated/α-hetero) is 1. The summed E-state index contributed by atoms with van der Waals surface area (Å²) in [7, 11) is 1.79. The molecule has 0 aromatic rings. The van der Waals surface area contributed by atoms with E-state index in [2.05, 4.69) is 12.2 Å². The number of ketones is 1. The van der Waals surface area contributed by atoms with E-state index >= 15 is 0 Å². The van der Waals surface area contributed by atoms with E-state index in [0.717, 1.165) is 12.8 Å². The molecule has 3 nitrogen and oxygen atoms in total. The molecule has 0 aromatic carbocycles. The van der Waals surface area contributed by atoms with Gasteiger partial charge in [-0.05, 0) is 12.8 Å². The second-order valence-electron chi connectivity index (χ2n) is 6.37. The highest BCUT2D eigenvalue weighted by atomic mass is 16.5. The first-order valence-electron chi connectivity index (χ1n) is 7.54. The van der Waals surface area contributed by atoms with Gasteiger partial charge in [-0.2, -0.15) is 0 Å². The lowest BCUT2D eigenvalue weighted by Crippen LogP contribution is -2.57. The molecular weight excluding hydrogens is 240 g/mol. The highest BCUT2D eigenvalue weighted by Gasteiger charge is 2.57. The van der Waals surface area contributed by atoms with Crippen molar-refractivity contribution in [2.24, 2.45) is 17.8 Å². The molecule has 3 rings (SSSR count). The molecule has 0 aromatic heterocycles. The summed E-state index contributed by atoms with van der Waals surface area (Å²) in [6.45, 7) is 4.02. The van der Waals surface area contributed by atoms with Crippen LogP contribution in [0.5, 0.6) is 0 Å². The Morgan fingerprint density at radius 2 is 2.05 bits per heavy atom. The van der Waals surface area contributed by atoms with Crippen molar-refractivity contribution in [2.75, 3.05) is 7.11 Å². The van der Waals surface area contributed by atoms with E-state index in [1.807, 2.05) is 13.8 Å². The first-order chi connectivity index (χ1) is 9.10. The van der Waals surface area contributed by atoms with Crippen LogP contribution in [0.4, 0.5) is 0 Å². The summed E-state index contributed by atoms with van der Waals surface area (Å²) in [5.74, 6) is 0.602. The number of carbonyl (C=O) groups excluding carboxylic acids is 1. The minimum atomic E-state index is -0.407. The van der Waals surface area contributed by atoms with Crippen molar-refractivity contribution in [3.63, 3.8) is 0 Å². The van der Waals surface area contributed by atoms with Crippen molar-refractivity contribution >= 4 is 5.78 Å². The van der Waals surface area contributed by atoms with E-state index in [-0.39, 0.29) is 24.0 Å². The predicted octanol–water partition coefficient (Wildman–Crippen LogP) is 2.74. The lowest BCUT2D eigenvalue weighted by Gasteiger charge is -2.49. The van der Waals surface area contributed by atoms with Crippen LogP contribution in [-0.2, 0) is 14.3 Å². The summed E-state index contributed by atoms with van der Waals surface area (Å²) in [4.78, 5) is 12.5. The Kier molecular flexibility index (Phi) is 3.30. The van der Waals surface area contributed by atoms with Crippen molar-refractivity contribution in [1.82, 2.24) is 0 Å². The lowest BCUT2D eigenvalue weighted by molar-refractivity contribution is -0.184. The largest absolute Gasteiger partial charge is 0.381 e. The Labute approximate surface area is 115 Å². The third kappa shape index (κ3) is 1.82. The summed E-state index contributed by atoms with van der Waals surface area (Å²) >= 11 is 0. The van der Waals surface area contributed by atoms with Gasteiger partial charge in [0, 0.05) is 24.9 Å². The second-order valence-corrected chi connectivity index (χ2v) is 6.37. The molecule has 0 radical (unpaired) electrons. The molecule has 0 unspecified atom stereocenters. The van der Waals surface area contributed by atoms with Crippen LogP contribution in [0.2, 0.25) is 0 Å². The van der Waals surface area contributed by atoms with Crippen LogP contribution in [-0.4, -0.2) is 30.7 Å². The van der Waals surface area contributed by atoms with Crippen LogP contribution < -0.4 is 0 Å². The van der Waals surface area contributed by atoms with Gasteiger partial charge in [-0.1, -0.05) is 38.8 Å². The van der Waals surface area contributed by atoms with Gasteiger partial charge >= 0.3 is 0 Å². The number of rotatable bonds is 2. The zero-order valence-corrected chi connectivity index (χ0v) is 12.1. The fourth-order valence-corrected chi connectivity index (χ4v) is 4.28. The van der Waals surface area contributed by atoms with E-state index in [9.17, 15) is 4.79 Å². The number of hydrogen-bond acceptors (Lipinski definition) is 3. The molecule has 3 heteroatoms. The van der Waals surface area contributed by atoms with Crippen molar-refractivity contribution < 1.29 is 14.3 Å². The van der Waals surface area contributed by atoms with Crippen LogP contribution in [0.3, 0.4) is 0 Å². The van der Waals surface area contributed by atoms with Gasteiger partial charge in [0.05, 0.1) is 12.2 Å². The first kappa shape index (κ1) is 13.3. The molecule has 2 aliphatic heterocycles. The fraction of sp³-hybridized carbons (Fsp3) is 0.812. The molecule has 19 heavy (non-hydrogen) atoms. The third-order valence-electron chi connectivity index (χ3n) is 5.52. The average Bonchev–Trinajstić information content (AvgIpc) is 2.87. The Bertz CT molecular complexity index is 403. The van der Waals surface area contributed by atoms with Gasteiger partial charge in [0.2, 0.25) is 0 Å². The number of carbonyl (C=O) groups is 1. The third-order valence-corrected chi connectivity index (χ3v) is 5.52. The summed E-state index contributed by atoms with van der Waals surface area (Å²) in [6.07, 6.45) is 9.09. The lowest BCUT2D eigenvalue weighted by atomic mass is 9.67. The molecule has 6 atom stereocenters. The highest BCUT2D eigenvalue weighted by Crippen LogP contribution is 2.50. The van der Waals surface area contributed by atoms with Crippen molar-refractivity contribution in [3.8, 4) is 0 Å². The van der Waals surface area contributed by atoms with Crippen LogP contribution in [0.1, 0.15) is 39.5 Å². The van der Waals surface area contributed by atoms with E-state index in [1.54, 1.807) is 7.11 Å². The van der Waals surface area contributed by atoms with Crippen molar-refractivity contribution in [1.29, 1.82) is 0 Å². The molecule has 3 aliphatic rings. The fourth-order valence-electron chi connectivity index (χ4n) is 4.28. The zero-order valence-electron chi connectivity index (χ0n) is 12.1. The number of fused-ring (bicyclic) bond motifs is 2. The monoisotopic (exact) mass is 264 g/mol. The predicted molar refractivity (Wildman–Crippen MR) is 72.8 cm³/mol. The van der Waals surface area contributed by atoms with Gasteiger partial charge in [0.25, 0.3) is 0 Å². The first-order valence-corrected chi connectivity index (χ1v) is 7.54. The molecular formula is C16H24O3. The molecule has 0 spiro atoms. The Hall–Kier alpha value is -0.670. The van der Waals surface area contributed by atoms with E-state index in [0.29, 0.717) is 11.7 Å². The number of ether oxygens (including phenoxy) is 2. The molecule has 2 heterocycles. The zero-order chi connectivity index (χ0) is 13.6. The van der Waals surface area contributed by atoms with E-state index in [1.165, 1.54) is 12.8 Å². The average molecular weight is 264 g/mol. The van der Waals surface area contributed by atoms with Crippen molar-refractivity contribution in [2.45, 2.75) is 57.3 Å². The minimum absolute atomic E-state index is 0.00791. The van der Waals surface area contributed by atoms with Crippen LogP contribution in [0.15, 0.2) is 12.2 Å². The van der Waals surface area contributed by atoms with Gasteiger partial charge in [-0.25, -0.2) is 0 Å². The quantitative estimate of drug-likeness (QED) is 0.719. The number of hydrogen-bond donors (Lipinski definition) is 0. The smallest absolute Gasteiger partial charge is 0.144 e. The normalized spacial score (nSPS) is 49.6. The Morgan fingerprint density at radius 1 is 1.32 bits per heavy atom. The molecule has 106 valence electrons. The van der Waals surface area contributed by atoms with Gasteiger partial charge in [-0.15, -0.1) is 0 Å². The van der Waals surface area contributed by atoms with Gasteiger partial charge in [-0.3, -0.25) is 4.79 Å².